The molecule has 3 rings (SSSR count). The number of nitrogens with one attached hydrogen (secondary N) is 1. The zero-order chi connectivity index (χ0) is 19.6. The van der Waals surface area contributed by atoms with Crippen molar-refractivity contribution >= 4 is 23.7 Å². The lowest BCUT2D eigenvalue weighted by atomic mass is 9.96. The molecule has 2 aliphatic rings. The molecule has 144 valence electrons. The van der Waals surface area contributed by atoms with Crippen LogP contribution in [-0.4, -0.2) is 70.0 Å². The van der Waals surface area contributed by atoms with Crippen LogP contribution in [0.4, 0.5) is 0 Å². The van der Waals surface area contributed by atoms with E-state index in [1.165, 1.54) is 4.90 Å². The molecule has 0 bridgehead atoms. The van der Waals surface area contributed by atoms with Gasteiger partial charge in [-0.05, 0) is 18.6 Å². The lowest BCUT2D eigenvalue weighted by Gasteiger charge is -2.43. The van der Waals surface area contributed by atoms with Crippen LogP contribution in [0.3, 0.4) is 0 Å². The summed E-state index contributed by atoms with van der Waals surface area (Å²) in [5, 5.41) is 12.0. The molecule has 1 aromatic carbocycles. The van der Waals surface area contributed by atoms with Crippen LogP contribution in [0.5, 0.6) is 5.75 Å². The first kappa shape index (κ1) is 18.7. The van der Waals surface area contributed by atoms with Gasteiger partial charge in [-0.3, -0.25) is 14.4 Å². The van der Waals surface area contributed by atoms with Gasteiger partial charge in [0.15, 0.2) is 6.61 Å². The van der Waals surface area contributed by atoms with Gasteiger partial charge in [-0.15, -0.1) is 0 Å². The van der Waals surface area contributed by atoms with Crippen LogP contribution in [0, 0.1) is 0 Å². The Bertz CT molecular complexity index is 753. The van der Waals surface area contributed by atoms with Crippen LogP contribution in [-0.2, 0) is 19.2 Å². The molecule has 27 heavy (non-hydrogen) atoms. The number of benzene rings is 1. The normalized spacial score (nSPS) is 23.4. The number of nitrogens with zero attached hydrogens (tertiary/aromatic N) is 2. The molecule has 3 atom stereocenters. The van der Waals surface area contributed by atoms with Gasteiger partial charge in [-0.25, -0.2) is 4.79 Å². The summed E-state index contributed by atoms with van der Waals surface area (Å²) in [6.45, 7) is 1.65. The predicted octanol–water partition coefficient (Wildman–Crippen LogP) is -0.186. The summed E-state index contributed by atoms with van der Waals surface area (Å²) in [4.78, 5) is 50.5. The van der Waals surface area contributed by atoms with E-state index in [1.807, 2.05) is 13.0 Å². The van der Waals surface area contributed by atoms with Crippen molar-refractivity contribution in [3.8, 4) is 5.75 Å². The number of carboxylic acid groups (broad SMARTS) is 1. The van der Waals surface area contributed by atoms with Crippen molar-refractivity contribution in [2.75, 3.05) is 13.2 Å². The second-order valence-electron chi connectivity index (χ2n) is 6.47. The first-order valence-electron chi connectivity index (χ1n) is 8.75. The highest BCUT2D eigenvalue weighted by Crippen LogP contribution is 2.33. The predicted molar refractivity (Wildman–Crippen MR) is 92.5 cm³/mol. The fourth-order valence-electron chi connectivity index (χ4n) is 3.40. The van der Waals surface area contributed by atoms with Crippen LogP contribution in [0.25, 0.3) is 0 Å². The van der Waals surface area contributed by atoms with E-state index in [1.54, 1.807) is 24.3 Å². The van der Waals surface area contributed by atoms with Crippen LogP contribution >= 0.6 is 0 Å². The van der Waals surface area contributed by atoms with E-state index in [-0.39, 0.29) is 25.5 Å². The van der Waals surface area contributed by atoms with Gasteiger partial charge >= 0.3 is 5.97 Å². The topological polar surface area (TPSA) is 116 Å². The highest BCUT2D eigenvalue weighted by atomic mass is 16.5. The zero-order valence-electron chi connectivity index (χ0n) is 14.8. The lowest BCUT2D eigenvalue weighted by Crippen LogP contribution is -2.71. The molecule has 9 heteroatoms. The maximum absolute atomic E-state index is 12.4. The summed E-state index contributed by atoms with van der Waals surface area (Å²) >= 11 is 0. The standard InChI is InChI=1S/C18H21N3O6/c1-2-6-14(23)20-9-12-15(17(24)21(12)16(20)18(25)26)19-13(22)10-27-11-7-4-3-5-8-11/h3-5,7-8,12,15-16H,2,6,9-10H2,1H3,(H,19,22)(H,25,26)/t12?,15-,16?/m1/s1. The fraction of sp³-hybridized carbons (Fsp3) is 0.444. The fourth-order valence-corrected chi connectivity index (χ4v) is 3.40. The van der Waals surface area contributed by atoms with E-state index in [0.717, 1.165) is 4.90 Å². The molecule has 0 radical (unpaired) electrons. The molecule has 0 spiro atoms. The molecule has 0 aliphatic carbocycles. The Morgan fingerprint density at radius 2 is 1.96 bits per heavy atom. The highest BCUT2D eigenvalue weighted by Gasteiger charge is 2.60. The number of hydrogen-bond acceptors (Lipinski definition) is 5. The molecule has 0 saturated carbocycles. The van der Waals surface area contributed by atoms with E-state index in [4.69, 9.17) is 4.74 Å². The van der Waals surface area contributed by atoms with Gasteiger partial charge in [0.25, 0.3) is 5.91 Å². The summed E-state index contributed by atoms with van der Waals surface area (Å²) in [6, 6.07) is 7.38. The van der Waals surface area contributed by atoms with Crippen molar-refractivity contribution in [1.29, 1.82) is 0 Å². The Balaban J connectivity index is 1.61. The molecule has 2 fully saturated rings. The van der Waals surface area contributed by atoms with E-state index in [0.29, 0.717) is 12.2 Å². The number of carbonyl (C=O) groups excluding carboxylic acids is 3. The van der Waals surface area contributed by atoms with E-state index < -0.39 is 36.0 Å². The van der Waals surface area contributed by atoms with Gasteiger partial charge in [0.2, 0.25) is 18.0 Å². The minimum Gasteiger partial charge on any atom is -0.484 e. The Morgan fingerprint density at radius 1 is 1.26 bits per heavy atom. The molecule has 9 nitrogen and oxygen atoms in total. The van der Waals surface area contributed by atoms with E-state index >= 15 is 0 Å². The minimum atomic E-state index is -1.31. The maximum Gasteiger partial charge on any atom is 0.347 e. The number of β-lactam (4-membered cyclic amide) rings is 1. The van der Waals surface area contributed by atoms with E-state index in [9.17, 15) is 24.3 Å². The number of carboxylic acids is 1. The molecule has 3 amide bonds. The van der Waals surface area contributed by atoms with Crippen molar-refractivity contribution in [2.45, 2.75) is 38.0 Å². The van der Waals surface area contributed by atoms with Crippen LogP contribution < -0.4 is 10.1 Å². The largest absolute Gasteiger partial charge is 0.484 e. The third-order valence-corrected chi connectivity index (χ3v) is 4.64. The smallest absolute Gasteiger partial charge is 0.347 e. The highest BCUT2D eigenvalue weighted by molar-refractivity contribution is 5.99. The second-order valence-corrected chi connectivity index (χ2v) is 6.47. The Morgan fingerprint density at radius 3 is 2.59 bits per heavy atom. The molecule has 2 saturated heterocycles. The van der Waals surface area contributed by atoms with Gasteiger partial charge in [-0.2, -0.15) is 0 Å². The van der Waals surface area contributed by atoms with Gasteiger partial charge < -0.3 is 25.0 Å². The van der Waals surface area contributed by atoms with Crippen molar-refractivity contribution in [3.63, 3.8) is 0 Å². The molecule has 2 heterocycles. The van der Waals surface area contributed by atoms with Gasteiger partial charge in [0.05, 0.1) is 6.04 Å². The number of rotatable bonds is 7. The molecular weight excluding hydrogens is 354 g/mol. The van der Waals surface area contributed by atoms with Crippen LogP contribution in [0.1, 0.15) is 19.8 Å². The Labute approximate surface area is 155 Å². The molecule has 1 aromatic rings. The SMILES string of the molecule is CCCC(=O)N1CC2[C@@H](NC(=O)COc3ccccc3)C(=O)N2C1C(=O)O. The number of aliphatic carboxylic acids is 1. The second kappa shape index (κ2) is 7.65. The summed E-state index contributed by atoms with van der Waals surface area (Å²) in [5.74, 6) is -2.04. The zero-order valence-corrected chi connectivity index (χ0v) is 14.8. The number of para-hydroxylation sites is 1. The lowest BCUT2D eigenvalue weighted by molar-refractivity contribution is -0.166. The number of carbonyl (C=O) groups is 4. The summed E-state index contributed by atoms with van der Waals surface area (Å²) < 4.78 is 5.34. The monoisotopic (exact) mass is 375 g/mol. The third kappa shape index (κ3) is 3.57. The average Bonchev–Trinajstić information content (AvgIpc) is 3.02. The van der Waals surface area contributed by atoms with Gasteiger partial charge in [0, 0.05) is 13.0 Å². The number of fused-ring (bicyclic) bond motifs is 1. The number of ether oxygens (including phenoxy) is 1. The van der Waals surface area contributed by atoms with Gasteiger partial charge in [-0.1, -0.05) is 25.1 Å². The summed E-state index contributed by atoms with van der Waals surface area (Å²) in [7, 11) is 0. The first-order valence-corrected chi connectivity index (χ1v) is 8.75. The van der Waals surface area contributed by atoms with E-state index in [2.05, 4.69) is 5.32 Å². The molecule has 2 aliphatic heterocycles. The third-order valence-electron chi connectivity index (χ3n) is 4.64. The minimum absolute atomic E-state index is 0.0893. The Kier molecular flexibility index (Phi) is 5.29. The number of amides is 3. The van der Waals surface area contributed by atoms with Crippen molar-refractivity contribution in [2.24, 2.45) is 0 Å². The van der Waals surface area contributed by atoms with Crippen molar-refractivity contribution < 1.29 is 29.0 Å². The van der Waals surface area contributed by atoms with Crippen molar-refractivity contribution in [1.82, 2.24) is 15.1 Å². The molecular formula is C18H21N3O6. The Hall–Kier alpha value is -3.10. The van der Waals surface area contributed by atoms with Crippen molar-refractivity contribution in [3.05, 3.63) is 30.3 Å². The molecule has 2 unspecified atom stereocenters. The number of hydrogen-bond donors (Lipinski definition) is 2. The van der Waals surface area contributed by atoms with Crippen LogP contribution in [0.15, 0.2) is 30.3 Å². The summed E-state index contributed by atoms with van der Waals surface area (Å²) in [5.41, 5.74) is 0. The van der Waals surface area contributed by atoms with Crippen LogP contribution in [0.2, 0.25) is 0 Å². The first-order chi connectivity index (χ1) is 12.9. The quantitative estimate of drug-likeness (QED) is 0.639. The average molecular weight is 375 g/mol. The molecule has 2 N–H and O–H groups in total. The molecule has 0 aromatic heterocycles. The maximum atomic E-state index is 12.4. The van der Waals surface area contributed by atoms with Gasteiger partial charge in [0.1, 0.15) is 11.8 Å². The summed E-state index contributed by atoms with van der Waals surface area (Å²) in [6.07, 6.45) is -0.521.